The summed E-state index contributed by atoms with van der Waals surface area (Å²) in [4.78, 5) is 12.1. The van der Waals surface area contributed by atoms with E-state index in [1.807, 2.05) is 61.5 Å². The van der Waals surface area contributed by atoms with Crippen LogP contribution >= 0.6 is 11.6 Å². The average Bonchev–Trinajstić information content (AvgIpc) is 2.61. The number of halogens is 1. The number of benzene rings is 3. The van der Waals surface area contributed by atoms with Crippen molar-refractivity contribution in [3.8, 4) is 0 Å². The molecule has 120 valence electrons. The van der Waals surface area contributed by atoms with Gasteiger partial charge in [0, 0.05) is 10.4 Å². The second-order valence-corrected chi connectivity index (χ2v) is 5.73. The van der Waals surface area contributed by atoms with Crippen LogP contribution in [0, 0.1) is 0 Å². The van der Waals surface area contributed by atoms with Gasteiger partial charge in [0.05, 0.1) is 11.4 Å². The molecule has 0 aliphatic carbocycles. The third-order valence-electron chi connectivity index (χ3n) is 3.62. The number of nitrogens with one attached hydrogen (secondary N) is 2. The number of hydrogen-bond acceptors (Lipinski definition) is 2. The molecule has 0 fully saturated rings. The standard InChI is InChI=1S/C19H16ClN3O/c1-13(14-9-11-16(20)12-10-14)22-23-19(24)21-18-8-4-6-15-5-2-3-7-17(15)18/h2-12H,1H3,(H2,21,23,24)/b22-13+. The smallest absolute Gasteiger partial charge is 0.306 e. The second kappa shape index (κ2) is 7.15. The van der Waals surface area contributed by atoms with Crippen molar-refractivity contribution < 1.29 is 4.79 Å². The molecule has 0 aliphatic rings. The zero-order chi connectivity index (χ0) is 16.9. The summed E-state index contributed by atoms with van der Waals surface area (Å²) in [6, 6.07) is 20.5. The molecule has 0 unspecified atom stereocenters. The van der Waals surface area contributed by atoms with Crippen LogP contribution in [0.3, 0.4) is 0 Å². The molecule has 3 rings (SSSR count). The molecule has 0 atom stereocenters. The first-order valence-corrected chi connectivity index (χ1v) is 7.86. The maximum absolute atomic E-state index is 12.1. The van der Waals surface area contributed by atoms with Gasteiger partial charge in [-0.2, -0.15) is 5.10 Å². The predicted molar refractivity (Wildman–Crippen MR) is 99.8 cm³/mol. The summed E-state index contributed by atoms with van der Waals surface area (Å²) in [5, 5.41) is 9.64. The molecule has 0 saturated heterocycles. The van der Waals surface area contributed by atoms with Crippen molar-refractivity contribution in [2.24, 2.45) is 5.10 Å². The lowest BCUT2D eigenvalue weighted by Gasteiger charge is -2.08. The molecule has 24 heavy (non-hydrogen) atoms. The van der Waals surface area contributed by atoms with Gasteiger partial charge in [-0.15, -0.1) is 0 Å². The number of urea groups is 1. The van der Waals surface area contributed by atoms with Crippen molar-refractivity contribution in [3.63, 3.8) is 0 Å². The topological polar surface area (TPSA) is 53.5 Å². The fourth-order valence-electron chi connectivity index (χ4n) is 2.37. The lowest BCUT2D eigenvalue weighted by Crippen LogP contribution is -2.25. The van der Waals surface area contributed by atoms with Crippen LogP contribution < -0.4 is 10.7 Å². The van der Waals surface area contributed by atoms with Gasteiger partial charge >= 0.3 is 6.03 Å². The fraction of sp³-hybridized carbons (Fsp3) is 0.0526. The third-order valence-corrected chi connectivity index (χ3v) is 3.88. The Morgan fingerprint density at radius 2 is 1.67 bits per heavy atom. The summed E-state index contributed by atoms with van der Waals surface area (Å²) in [6.45, 7) is 1.82. The normalized spacial score (nSPS) is 11.3. The molecule has 3 aromatic rings. The lowest BCUT2D eigenvalue weighted by atomic mass is 10.1. The van der Waals surface area contributed by atoms with E-state index in [9.17, 15) is 4.79 Å². The molecular formula is C19H16ClN3O. The highest BCUT2D eigenvalue weighted by Gasteiger charge is 2.05. The number of amides is 2. The Hall–Kier alpha value is -2.85. The van der Waals surface area contributed by atoms with Crippen LogP contribution in [0.2, 0.25) is 5.02 Å². The summed E-state index contributed by atoms with van der Waals surface area (Å²) in [6.07, 6.45) is 0. The van der Waals surface area contributed by atoms with E-state index in [1.54, 1.807) is 12.1 Å². The van der Waals surface area contributed by atoms with Crippen molar-refractivity contribution in [2.75, 3.05) is 5.32 Å². The largest absolute Gasteiger partial charge is 0.339 e. The molecule has 2 amide bonds. The molecule has 3 aromatic carbocycles. The lowest BCUT2D eigenvalue weighted by molar-refractivity contribution is 0.252. The van der Waals surface area contributed by atoms with Gasteiger partial charge in [0.15, 0.2) is 0 Å². The Balaban J connectivity index is 1.71. The third kappa shape index (κ3) is 3.73. The summed E-state index contributed by atoms with van der Waals surface area (Å²) < 4.78 is 0. The molecule has 0 radical (unpaired) electrons. The molecule has 4 nitrogen and oxygen atoms in total. The molecule has 0 spiro atoms. The van der Waals surface area contributed by atoms with Crippen LogP contribution in [0.15, 0.2) is 71.8 Å². The minimum atomic E-state index is -0.389. The van der Waals surface area contributed by atoms with Crippen molar-refractivity contribution in [1.29, 1.82) is 0 Å². The molecule has 2 N–H and O–H groups in total. The number of hydrazone groups is 1. The van der Waals surface area contributed by atoms with Gasteiger partial charge < -0.3 is 5.32 Å². The van der Waals surface area contributed by atoms with Crippen LogP contribution in [-0.4, -0.2) is 11.7 Å². The molecule has 0 aromatic heterocycles. The number of carbonyl (C=O) groups is 1. The van der Waals surface area contributed by atoms with Crippen LogP contribution in [0.1, 0.15) is 12.5 Å². The number of nitrogens with zero attached hydrogens (tertiary/aromatic N) is 1. The van der Waals surface area contributed by atoms with E-state index < -0.39 is 0 Å². The highest BCUT2D eigenvalue weighted by atomic mass is 35.5. The first kappa shape index (κ1) is 16.0. The number of anilines is 1. The predicted octanol–water partition coefficient (Wildman–Crippen LogP) is 5.04. The summed E-state index contributed by atoms with van der Waals surface area (Å²) in [5.41, 5.74) is 4.84. The maximum Gasteiger partial charge on any atom is 0.339 e. The van der Waals surface area contributed by atoms with Gasteiger partial charge in [0.1, 0.15) is 0 Å². The monoisotopic (exact) mass is 337 g/mol. The summed E-state index contributed by atoms with van der Waals surface area (Å²) >= 11 is 5.86. The maximum atomic E-state index is 12.1. The Labute approximate surface area is 145 Å². The van der Waals surface area contributed by atoms with E-state index in [-0.39, 0.29) is 6.03 Å². The first-order chi connectivity index (χ1) is 11.6. The Morgan fingerprint density at radius 3 is 2.46 bits per heavy atom. The van der Waals surface area contributed by atoms with Gasteiger partial charge in [-0.1, -0.05) is 60.1 Å². The van der Waals surface area contributed by atoms with Crippen LogP contribution in [0.5, 0.6) is 0 Å². The molecule has 0 bridgehead atoms. The molecule has 5 heteroatoms. The first-order valence-electron chi connectivity index (χ1n) is 7.48. The Bertz CT molecular complexity index is 899. The number of rotatable bonds is 3. The van der Waals surface area contributed by atoms with Crippen molar-refractivity contribution in [3.05, 3.63) is 77.3 Å². The minimum absolute atomic E-state index is 0.389. The SMILES string of the molecule is C/C(=N\NC(=O)Nc1cccc2ccccc12)c1ccc(Cl)cc1. The van der Waals surface area contributed by atoms with E-state index >= 15 is 0 Å². The Kier molecular flexibility index (Phi) is 4.77. The quantitative estimate of drug-likeness (QED) is 0.510. The fourth-order valence-corrected chi connectivity index (χ4v) is 2.50. The van der Waals surface area contributed by atoms with Gasteiger partial charge in [0.2, 0.25) is 0 Å². The van der Waals surface area contributed by atoms with E-state index in [4.69, 9.17) is 11.6 Å². The minimum Gasteiger partial charge on any atom is -0.306 e. The summed E-state index contributed by atoms with van der Waals surface area (Å²) in [7, 11) is 0. The average molecular weight is 338 g/mol. The van der Waals surface area contributed by atoms with Crippen molar-refractivity contribution in [1.82, 2.24) is 5.43 Å². The van der Waals surface area contributed by atoms with E-state index in [2.05, 4.69) is 15.8 Å². The van der Waals surface area contributed by atoms with Crippen LogP contribution in [0.25, 0.3) is 10.8 Å². The highest BCUT2D eigenvalue weighted by molar-refractivity contribution is 6.30. The highest BCUT2D eigenvalue weighted by Crippen LogP contribution is 2.22. The van der Waals surface area contributed by atoms with Crippen molar-refractivity contribution >= 4 is 39.8 Å². The van der Waals surface area contributed by atoms with E-state index in [0.29, 0.717) is 10.7 Å². The van der Waals surface area contributed by atoms with Gasteiger partial charge in [-0.3, -0.25) is 0 Å². The van der Waals surface area contributed by atoms with E-state index in [0.717, 1.165) is 22.0 Å². The molecule has 0 heterocycles. The Morgan fingerprint density at radius 1 is 0.958 bits per heavy atom. The zero-order valence-electron chi connectivity index (χ0n) is 13.1. The number of carbonyl (C=O) groups excluding carboxylic acids is 1. The zero-order valence-corrected chi connectivity index (χ0v) is 13.8. The van der Waals surface area contributed by atoms with E-state index in [1.165, 1.54) is 0 Å². The van der Waals surface area contributed by atoms with Gasteiger partial charge in [-0.25, -0.2) is 10.2 Å². The van der Waals surface area contributed by atoms with Crippen LogP contribution in [-0.2, 0) is 0 Å². The molecule has 0 saturated carbocycles. The van der Waals surface area contributed by atoms with Gasteiger partial charge in [0.25, 0.3) is 0 Å². The second-order valence-electron chi connectivity index (χ2n) is 5.30. The number of hydrogen-bond donors (Lipinski definition) is 2. The molecule has 0 aliphatic heterocycles. The molecular weight excluding hydrogens is 322 g/mol. The van der Waals surface area contributed by atoms with Crippen molar-refractivity contribution in [2.45, 2.75) is 6.92 Å². The van der Waals surface area contributed by atoms with Crippen LogP contribution in [0.4, 0.5) is 10.5 Å². The summed E-state index contributed by atoms with van der Waals surface area (Å²) in [5.74, 6) is 0. The number of fused-ring (bicyclic) bond motifs is 1. The van der Waals surface area contributed by atoms with Gasteiger partial charge in [-0.05, 0) is 36.1 Å².